The first-order chi connectivity index (χ1) is 10.0. The summed E-state index contributed by atoms with van der Waals surface area (Å²) < 4.78 is 5.71. The van der Waals surface area contributed by atoms with Crippen LogP contribution in [0.5, 0.6) is 5.75 Å². The smallest absolute Gasteiger partial charge is 0.241 e. The number of hydrogen-bond acceptors (Lipinski definition) is 5. The van der Waals surface area contributed by atoms with Crippen molar-refractivity contribution in [3.05, 3.63) is 24.3 Å². The molecule has 2 rings (SSSR count). The monoisotopic (exact) mass is 324 g/mol. The van der Waals surface area contributed by atoms with E-state index in [1.807, 2.05) is 19.1 Å². The SMILES string of the molecule is COc1ccccc1NC(=O)CCN1C(=O)C(C)SC1=S. The molecule has 0 radical (unpaired) electrons. The van der Waals surface area contributed by atoms with Gasteiger partial charge in [0.2, 0.25) is 11.8 Å². The summed E-state index contributed by atoms with van der Waals surface area (Å²) in [6.07, 6.45) is 0.192. The van der Waals surface area contributed by atoms with E-state index in [1.165, 1.54) is 16.7 Å². The van der Waals surface area contributed by atoms with Crippen LogP contribution in [0.3, 0.4) is 0 Å². The molecule has 1 fully saturated rings. The molecule has 1 unspecified atom stereocenters. The highest BCUT2D eigenvalue weighted by Crippen LogP contribution is 2.27. The van der Waals surface area contributed by atoms with Crippen LogP contribution in [0.4, 0.5) is 5.69 Å². The fourth-order valence-electron chi connectivity index (χ4n) is 1.95. The van der Waals surface area contributed by atoms with Crippen molar-refractivity contribution in [3.63, 3.8) is 0 Å². The van der Waals surface area contributed by atoms with Gasteiger partial charge in [0.05, 0.1) is 18.0 Å². The van der Waals surface area contributed by atoms with E-state index in [9.17, 15) is 9.59 Å². The van der Waals surface area contributed by atoms with Gasteiger partial charge in [0.25, 0.3) is 0 Å². The summed E-state index contributed by atoms with van der Waals surface area (Å²) in [6.45, 7) is 2.12. The molecule has 1 aromatic carbocycles. The number of hydrogen-bond donors (Lipinski definition) is 1. The third-order valence-corrected chi connectivity index (χ3v) is 4.54. The molecular formula is C14H16N2O3S2. The fraction of sp³-hybridized carbons (Fsp3) is 0.357. The predicted molar refractivity (Wildman–Crippen MR) is 87.6 cm³/mol. The third kappa shape index (κ3) is 3.74. The molecule has 0 spiro atoms. The Morgan fingerprint density at radius 1 is 1.48 bits per heavy atom. The Kier molecular flexibility index (Phi) is 5.19. The topological polar surface area (TPSA) is 58.6 Å². The molecule has 112 valence electrons. The van der Waals surface area contributed by atoms with Gasteiger partial charge in [0.1, 0.15) is 10.1 Å². The van der Waals surface area contributed by atoms with Crippen LogP contribution in [0.2, 0.25) is 0 Å². The number of para-hydroxylation sites is 2. The molecule has 7 heteroatoms. The van der Waals surface area contributed by atoms with Crippen molar-refractivity contribution in [2.75, 3.05) is 19.0 Å². The zero-order valence-corrected chi connectivity index (χ0v) is 13.4. The minimum absolute atomic E-state index is 0.0323. The van der Waals surface area contributed by atoms with Crippen molar-refractivity contribution < 1.29 is 14.3 Å². The van der Waals surface area contributed by atoms with Gasteiger partial charge in [-0.25, -0.2) is 0 Å². The molecule has 0 saturated carbocycles. The minimum atomic E-state index is -0.181. The van der Waals surface area contributed by atoms with E-state index in [0.717, 1.165) is 0 Å². The predicted octanol–water partition coefficient (Wildman–Crippen LogP) is 2.27. The summed E-state index contributed by atoms with van der Waals surface area (Å²) in [7, 11) is 1.55. The number of ether oxygens (including phenoxy) is 1. The second kappa shape index (κ2) is 6.91. The van der Waals surface area contributed by atoms with Crippen molar-refractivity contribution in [1.82, 2.24) is 4.90 Å². The number of amides is 2. The highest BCUT2D eigenvalue weighted by molar-refractivity contribution is 8.24. The van der Waals surface area contributed by atoms with Gasteiger partial charge in [-0.2, -0.15) is 0 Å². The minimum Gasteiger partial charge on any atom is -0.495 e. The molecule has 1 N–H and O–H groups in total. The molecule has 21 heavy (non-hydrogen) atoms. The molecule has 2 amide bonds. The maximum absolute atomic E-state index is 12.0. The average molecular weight is 324 g/mol. The van der Waals surface area contributed by atoms with Crippen molar-refractivity contribution in [1.29, 1.82) is 0 Å². The largest absolute Gasteiger partial charge is 0.495 e. The van der Waals surface area contributed by atoms with Gasteiger partial charge >= 0.3 is 0 Å². The fourth-order valence-corrected chi connectivity index (χ4v) is 3.40. The first kappa shape index (κ1) is 15.8. The van der Waals surface area contributed by atoms with Gasteiger partial charge in [-0.15, -0.1) is 0 Å². The lowest BCUT2D eigenvalue weighted by atomic mass is 10.2. The van der Waals surface area contributed by atoms with Gasteiger partial charge in [-0.05, 0) is 19.1 Å². The van der Waals surface area contributed by atoms with E-state index in [-0.39, 0.29) is 23.5 Å². The van der Waals surface area contributed by atoms with Crippen LogP contribution < -0.4 is 10.1 Å². The van der Waals surface area contributed by atoms with Gasteiger partial charge in [0.15, 0.2) is 0 Å². The van der Waals surface area contributed by atoms with Gasteiger partial charge in [0, 0.05) is 13.0 Å². The van der Waals surface area contributed by atoms with Crippen LogP contribution in [-0.4, -0.2) is 39.9 Å². The van der Waals surface area contributed by atoms with Gasteiger partial charge in [-0.1, -0.05) is 36.1 Å². The second-order valence-corrected chi connectivity index (χ2v) is 6.49. The Bertz CT molecular complexity index is 577. The molecule has 1 saturated heterocycles. The number of methoxy groups -OCH3 is 1. The molecule has 0 bridgehead atoms. The van der Waals surface area contributed by atoms with E-state index in [2.05, 4.69) is 5.32 Å². The maximum Gasteiger partial charge on any atom is 0.241 e. The Balaban J connectivity index is 1.91. The maximum atomic E-state index is 12.0. The van der Waals surface area contributed by atoms with Crippen molar-refractivity contribution >= 4 is 45.8 Å². The standard InChI is InChI=1S/C14H16N2O3S2/c1-9-13(18)16(14(20)21-9)8-7-12(17)15-10-5-3-4-6-11(10)19-2/h3-6,9H,7-8H2,1-2H3,(H,15,17). The van der Waals surface area contributed by atoms with Crippen LogP contribution in [-0.2, 0) is 9.59 Å². The number of anilines is 1. The molecular weight excluding hydrogens is 308 g/mol. The number of thiocarbonyl (C=S) groups is 1. The van der Waals surface area contributed by atoms with E-state index in [1.54, 1.807) is 19.2 Å². The zero-order valence-electron chi connectivity index (χ0n) is 11.8. The Labute approximate surface area is 133 Å². The quantitative estimate of drug-likeness (QED) is 0.842. The highest BCUT2D eigenvalue weighted by atomic mass is 32.2. The first-order valence-electron chi connectivity index (χ1n) is 6.47. The lowest BCUT2D eigenvalue weighted by molar-refractivity contribution is -0.126. The van der Waals surface area contributed by atoms with E-state index >= 15 is 0 Å². The van der Waals surface area contributed by atoms with E-state index in [4.69, 9.17) is 17.0 Å². The highest BCUT2D eigenvalue weighted by Gasteiger charge is 2.33. The van der Waals surface area contributed by atoms with Crippen LogP contribution in [0, 0.1) is 0 Å². The second-order valence-electron chi connectivity index (χ2n) is 4.51. The van der Waals surface area contributed by atoms with Crippen LogP contribution >= 0.6 is 24.0 Å². The van der Waals surface area contributed by atoms with Crippen molar-refractivity contribution in [3.8, 4) is 5.75 Å². The molecule has 5 nitrogen and oxygen atoms in total. The molecule has 0 aromatic heterocycles. The number of carbonyl (C=O) groups excluding carboxylic acids is 2. The van der Waals surface area contributed by atoms with E-state index in [0.29, 0.717) is 22.3 Å². The number of nitrogens with zero attached hydrogens (tertiary/aromatic N) is 1. The molecule has 1 heterocycles. The summed E-state index contributed by atoms with van der Waals surface area (Å²) in [5, 5.41) is 2.62. The van der Waals surface area contributed by atoms with Crippen LogP contribution in [0.15, 0.2) is 24.3 Å². The van der Waals surface area contributed by atoms with Crippen molar-refractivity contribution in [2.45, 2.75) is 18.6 Å². The molecule has 1 aliphatic rings. The number of benzene rings is 1. The summed E-state index contributed by atoms with van der Waals surface area (Å²) >= 11 is 6.49. The Morgan fingerprint density at radius 2 is 2.19 bits per heavy atom. The Morgan fingerprint density at radius 3 is 2.81 bits per heavy atom. The lowest BCUT2D eigenvalue weighted by Crippen LogP contribution is -2.33. The summed E-state index contributed by atoms with van der Waals surface area (Å²) in [6, 6.07) is 7.18. The molecule has 1 aliphatic heterocycles. The molecule has 1 aromatic rings. The third-order valence-electron chi connectivity index (χ3n) is 3.06. The number of thioether (sulfide) groups is 1. The Hall–Kier alpha value is -1.60. The number of nitrogens with one attached hydrogen (secondary N) is 1. The zero-order chi connectivity index (χ0) is 15.4. The molecule has 1 atom stereocenters. The number of carbonyl (C=O) groups is 2. The lowest BCUT2D eigenvalue weighted by Gasteiger charge is -2.15. The number of rotatable bonds is 5. The summed E-state index contributed by atoms with van der Waals surface area (Å²) in [5.74, 6) is 0.387. The average Bonchev–Trinajstić information content (AvgIpc) is 2.71. The van der Waals surface area contributed by atoms with Gasteiger partial charge < -0.3 is 10.1 Å². The molecule has 0 aliphatic carbocycles. The van der Waals surface area contributed by atoms with Crippen LogP contribution in [0.1, 0.15) is 13.3 Å². The normalized spacial score (nSPS) is 18.0. The summed E-state index contributed by atoms with van der Waals surface area (Å²) in [4.78, 5) is 25.3. The summed E-state index contributed by atoms with van der Waals surface area (Å²) in [5.41, 5.74) is 0.614. The van der Waals surface area contributed by atoms with Crippen LogP contribution in [0.25, 0.3) is 0 Å². The van der Waals surface area contributed by atoms with E-state index < -0.39 is 0 Å². The van der Waals surface area contributed by atoms with Gasteiger partial charge in [-0.3, -0.25) is 14.5 Å². The van der Waals surface area contributed by atoms with Crippen molar-refractivity contribution in [2.24, 2.45) is 0 Å². The first-order valence-corrected chi connectivity index (χ1v) is 7.76.